The fourth-order valence-corrected chi connectivity index (χ4v) is 2.34. The van der Waals surface area contributed by atoms with Gasteiger partial charge >= 0.3 is 0 Å². The summed E-state index contributed by atoms with van der Waals surface area (Å²) < 4.78 is 26.3. The van der Waals surface area contributed by atoms with Gasteiger partial charge in [0.2, 0.25) is 5.91 Å². The van der Waals surface area contributed by atoms with Crippen LogP contribution < -0.4 is 10.2 Å². The highest BCUT2D eigenvalue weighted by molar-refractivity contribution is 5.81. The Balaban J connectivity index is 1.94. The summed E-state index contributed by atoms with van der Waals surface area (Å²) in [7, 11) is 0. The van der Waals surface area contributed by atoms with Crippen LogP contribution in [-0.4, -0.2) is 30.7 Å². The van der Waals surface area contributed by atoms with E-state index in [2.05, 4.69) is 5.32 Å². The molecule has 0 radical (unpaired) electrons. The monoisotopic (exact) mass is 334 g/mol. The van der Waals surface area contributed by atoms with Crippen LogP contribution in [0.1, 0.15) is 12.0 Å². The first-order valence-corrected chi connectivity index (χ1v) is 7.71. The largest absolute Gasteiger partial charge is 0.396 e. The zero-order chi connectivity index (χ0) is 17.4. The molecule has 2 rings (SSSR count). The maximum atomic E-state index is 13.1. The maximum absolute atomic E-state index is 13.1. The summed E-state index contributed by atoms with van der Waals surface area (Å²) in [6, 6.07) is 12.5. The summed E-state index contributed by atoms with van der Waals surface area (Å²) in [6.07, 6.45) is 0.539. The van der Waals surface area contributed by atoms with Crippen molar-refractivity contribution in [2.45, 2.75) is 13.0 Å². The standard InChI is InChI=1S/C18H20F2N2O2/c19-15-9-14(10-16(20)11-15)12-21-18(24)13-22(7-4-8-23)17-5-2-1-3-6-17/h1-3,5-6,9-11,23H,4,7-8,12-13H2,(H,21,24). The molecule has 0 saturated heterocycles. The Morgan fingerprint density at radius 1 is 1.08 bits per heavy atom. The molecular weight excluding hydrogens is 314 g/mol. The van der Waals surface area contributed by atoms with Crippen LogP contribution in [-0.2, 0) is 11.3 Å². The smallest absolute Gasteiger partial charge is 0.239 e. The topological polar surface area (TPSA) is 52.6 Å². The molecule has 0 aliphatic heterocycles. The third kappa shape index (κ3) is 5.62. The molecule has 0 fully saturated rings. The normalized spacial score (nSPS) is 10.5. The SMILES string of the molecule is O=C(CN(CCCO)c1ccccc1)NCc1cc(F)cc(F)c1. The number of hydrogen-bond donors (Lipinski definition) is 2. The van der Waals surface area contributed by atoms with Crippen molar-refractivity contribution in [2.24, 2.45) is 0 Å². The number of carbonyl (C=O) groups is 1. The van der Waals surface area contributed by atoms with Crippen LogP contribution in [0.15, 0.2) is 48.5 Å². The van der Waals surface area contributed by atoms with Crippen LogP contribution in [0, 0.1) is 11.6 Å². The van der Waals surface area contributed by atoms with E-state index < -0.39 is 11.6 Å². The zero-order valence-corrected chi connectivity index (χ0v) is 13.2. The number of halogens is 2. The lowest BCUT2D eigenvalue weighted by atomic mass is 10.2. The first kappa shape index (κ1) is 17.9. The molecule has 0 saturated carbocycles. The van der Waals surface area contributed by atoms with Crippen LogP contribution in [0.25, 0.3) is 0 Å². The predicted molar refractivity (Wildman–Crippen MR) is 88.6 cm³/mol. The number of aliphatic hydroxyl groups is 1. The lowest BCUT2D eigenvalue weighted by Gasteiger charge is -2.24. The molecule has 4 nitrogen and oxygen atoms in total. The van der Waals surface area contributed by atoms with Gasteiger partial charge in [-0.3, -0.25) is 4.79 Å². The highest BCUT2D eigenvalue weighted by Crippen LogP contribution is 2.13. The van der Waals surface area contributed by atoms with Crippen LogP contribution in [0.5, 0.6) is 0 Å². The Bertz CT molecular complexity index is 645. The van der Waals surface area contributed by atoms with Gasteiger partial charge in [0, 0.05) is 31.5 Å². The van der Waals surface area contributed by atoms with E-state index >= 15 is 0 Å². The van der Waals surface area contributed by atoms with Gasteiger partial charge in [-0.15, -0.1) is 0 Å². The first-order chi connectivity index (χ1) is 11.6. The molecular formula is C18H20F2N2O2. The number of hydrogen-bond acceptors (Lipinski definition) is 3. The molecule has 2 N–H and O–H groups in total. The van der Waals surface area contributed by atoms with Crippen LogP contribution in [0.2, 0.25) is 0 Å². The molecule has 6 heteroatoms. The molecule has 0 bridgehead atoms. The van der Waals surface area contributed by atoms with E-state index in [-0.39, 0.29) is 25.6 Å². The van der Waals surface area contributed by atoms with Crippen molar-refractivity contribution in [3.8, 4) is 0 Å². The van der Waals surface area contributed by atoms with Crippen LogP contribution >= 0.6 is 0 Å². The summed E-state index contributed by atoms with van der Waals surface area (Å²) in [5.41, 5.74) is 1.24. The van der Waals surface area contributed by atoms with E-state index in [0.717, 1.165) is 11.8 Å². The van der Waals surface area contributed by atoms with Gasteiger partial charge in [-0.1, -0.05) is 18.2 Å². The molecule has 128 valence electrons. The number of carbonyl (C=O) groups excluding carboxylic acids is 1. The second-order valence-corrected chi connectivity index (χ2v) is 5.39. The molecule has 0 atom stereocenters. The average Bonchev–Trinajstić information content (AvgIpc) is 2.56. The predicted octanol–water partition coefficient (Wildman–Crippen LogP) is 2.47. The second kappa shape index (κ2) is 8.98. The molecule has 0 spiro atoms. The lowest BCUT2D eigenvalue weighted by Crippen LogP contribution is -2.37. The third-order valence-corrected chi connectivity index (χ3v) is 3.45. The average molecular weight is 334 g/mol. The second-order valence-electron chi connectivity index (χ2n) is 5.39. The van der Waals surface area contributed by atoms with Gasteiger partial charge < -0.3 is 15.3 Å². The minimum Gasteiger partial charge on any atom is -0.396 e. The van der Waals surface area contributed by atoms with Crippen molar-refractivity contribution < 1.29 is 18.7 Å². The van der Waals surface area contributed by atoms with E-state index in [9.17, 15) is 13.6 Å². The summed E-state index contributed by atoms with van der Waals surface area (Å²) in [6.45, 7) is 0.716. The van der Waals surface area contributed by atoms with E-state index in [1.807, 2.05) is 35.2 Å². The molecule has 0 aliphatic rings. The number of nitrogens with zero attached hydrogens (tertiary/aromatic N) is 1. The van der Waals surface area contributed by atoms with Crippen LogP contribution in [0.4, 0.5) is 14.5 Å². The molecule has 2 aromatic carbocycles. The minimum atomic E-state index is -0.673. The zero-order valence-electron chi connectivity index (χ0n) is 13.2. The van der Waals surface area contributed by atoms with E-state index in [1.165, 1.54) is 12.1 Å². The summed E-state index contributed by atoms with van der Waals surface area (Å²) >= 11 is 0. The fraction of sp³-hybridized carbons (Fsp3) is 0.278. The van der Waals surface area contributed by atoms with Gasteiger partial charge in [0.05, 0.1) is 6.54 Å². The van der Waals surface area contributed by atoms with E-state index in [4.69, 9.17) is 5.11 Å². The Hall–Kier alpha value is -2.47. The Kier molecular flexibility index (Phi) is 6.69. The number of aliphatic hydroxyl groups excluding tert-OH is 1. The molecule has 0 aromatic heterocycles. The van der Waals surface area contributed by atoms with E-state index in [1.54, 1.807) is 0 Å². The number of nitrogens with one attached hydrogen (secondary N) is 1. The lowest BCUT2D eigenvalue weighted by molar-refractivity contribution is -0.119. The molecule has 2 aromatic rings. The van der Waals surface area contributed by atoms with Crippen molar-refractivity contribution >= 4 is 11.6 Å². The molecule has 24 heavy (non-hydrogen) atoms. The van der Waals surface area contributed by atoms with Gasteiger partial charge in [-0.25, -0.2) is 8.78 Å². The number of amides is 1. The Morgan fingerprint density at radius 3 is 2.38 bits per heavy atom. The summed E-state index contributed by atoms with van der Waals surface area (Å²) in [5, 5.41) is 11.7. The first-order valence-electron chi connectivity index (χ1n) is 7.71. The highest BCUT2D eigenvalue weighted by Gasteiger charge is 2.11. The third-order valence-electron chi connectivity index (χ3n) is 3.45. The van der Waals surface area contributed by atoms with Crippen molar-refractivity contribution in [1.29, 1.82) is 0 Å². The molecule has 0 aliphatic carbocycles. The van der Waals surface area contributed by atoms with Gasteiger partial charge in [-0.2, -0.15) is 0 Å². The van der Waals surface area contributed by atoms with Crippen molar-refractivity contribution in [2.75, 3.05) is 24.6 Å². The van der Waals surface area contributed by atoms with Gasteiger partial charge in [0.15, 0.2) is 0 Å². The number of para-hydroxylation sites is 1. The summed E-state index contributed by atoms with van der Waals surface area (Å²) in [4.78, 5) is 14.0. The maximum Gasteiger partial charge on any atom is 0.239 e. The Labute approximate surface area is 139 Å². The minimum absolute atomic E-state index is 0.0352. The van der Waals surface area contributed by atoms with Crippen molar-refractivity contribution in [3.63, 3.8) is 0 Å². The van der Waals surface area contributed by atoms with E-state index in [0.29, 0.717) is 18.5 Å². The van der Waals surface area contributed by atoms with Crippen LogP contribution in [0.3, 0.4) is 0 Å². The number of anilines is 1. The summed E-state index contributed by atoms with van der Waals surface area (Å²) in [5.74, 6) is -1.61. The van der Waals surface area contributed by atoms with Gasteiger partial charge in [-0.05, 0) is 36.2 Å². The number of rotatable bonds is 8. The molecule has 1 amide bonds. The van der Waals surface area contributed by atoms with Crippen molar-refractivity contribution in [3.05, 3.63) is 65.7 Å². The van der Waals surface area contributed by atoms with Gasteiger partial charge in [0.25, 0.3) is 0 Å². The highest BCUT2D eigenvalue weighted by atomic mass is 19.1. The van der Waals surface area contributed by atoms with Crippen molar-refractivity contribution in [1.82, 2.24) is 5.32 Å². The number of benzene rings is 2. The molecule has 0 unspecified atom stereocenters. The fourth-order valence-electron chi connectivity index (χ4n) is 2.34. The molecule has 0 heterocycles. The Morgan fingerprint density at radius 2 is 1.75 bits per heavy atom. The quantitative estimate of drug-likeness (QED) is 0.780. The van der Waals surface area contributed by atoms with Gasteiger partial charge in [0.1, 0.15) is 11.6 Å².